The van der Waals surface area contributed by atoms with E-state index in [0.717, 1.165) is 16.7 Å². The molecule has 57 heavy (non-hydrogen) atoms. The molecule has 4 atom stereocenters. The molecule has 0 aliphatic carbocycles. The Balaban J connectivity index is 1.28. The summed E-state index contributed by atoms with van der Waals surface area (Å²) in [5.41, 5.74) is 2.10. The molecule has 1 aliphatic heterocycles. The van der Waals surface area contributed by atoms with Crippen molar-refractivity contribution < 1.29 is 32.6 Å². The summed E-state index contributed by atoms with van der Waals surface area (Å²) in [6, 6.07) is 33.8. The van der Waals surface area contributed by atoms with Gasteiger partial charge in [-0.25, -0.2) is 14.4 Å². The molecule has 7 rings (SSSR count). The maximum absolute atomic E-state index is 17.3. The van der Waals surface area contributed by atoms with Crippen molar-refractivity contribution >= 4 is 31.2 Å². The number of hydrogen-bond donors (Lipinski definition) is 1. The molecule has 1 N–H and O–H groups in total. The highest BCUT2D eigenvalue weighted by molar-refractivity contribution is 6.74. The lowest BCUT2D eigenvalue weighted by Crippen LogP contribution is -2.48. The Morgan fingerprint density at radius 3 is 1.95 bits per heavy atom. The molecule has 1 saturated heterocycles. The van der Waals surface area contributed by atoms with E-state index in [1.165, 1.54) is 11.0 Å². The first-order valence-corrected chi connectivity index (χ1v) is 21.7. The van der Waals surface area contributed by atoms with Crippen LogP contribution in [0.15, 0.2) is 116 Å². The summed E-state index contributed by atoms with van der Waals surface area (Å²) in [4.78, 5) is 21.8. The number of alkyl halides is 1. The Kier molecular flexibility index (Phi) is 11.2. The minimum Gasteiger partial charge on any atom is -0.497 e. The fraction of sp³-hybridized carbons (Fsp3) is 0.326. The number of rotatable bonds is 13. The van der Waals surface area contributed by atoms with Gasteiger partial charge in [0.2, 0.25) is 0 Å². The lowest BCUT2D eigenvalue weighted by molar-refractivity contribution is -0.0921. The Bertz CT molecular complexity index is 2240. The Morgan fingerprint density at radius 1 is 0.825 bits per heavy atom. The first-order valence-electron chi connectivity index (χ1n) is 18.7. The molecule has 3 heterocycles. The number of nitrogens with one attached hydrogen (secondary N) is 1. The molecule has 4 aromatic carbocycles. The van der Waals surface area contributed by atoms with Crippen molar-refractivity contribution in [1.82, 2.24) is 25.0 Å². The van der Waals surface area contributed by atoms with Crippen LogP contribution in [0.4, 0.5) is 10.2 Å². The van der Waals surface area contributed by atoms with Gasteiger partial charge in [-0.15, -0.1) is 5.10 Å². The summed E-state index contributed by atoms with van der Waals surface area (Å²) in [5.74, 6) is 1.14. The summed E-state index contributed by atoms with van der Waals surface area (Å²) in [6.45, 7) is 10.2. The Morgan fingerprint density at radius 2 is 1.39 bits per heavy atom. The molecule has 14 heteroatoms. The number of fused-ring (bicyclic) bond motifs is 1. The van der Waals surface area contributed by atoms with Crippen LogP contribution >= 0.6 is 0 Å². The van der Waals surface area contributed by atoms with Crippen molar-refractivity contribution in [3.63, 3.8) is 0 Å². The summed E-state index contributed by atoms with van der Waals surface area (Å²) in [6.07, 6.45) is -3.65. The van der Waals surface area contributed by atoms with E-state index in [9.17, 15) is 4.79 Å². The number of nitrogens with zero attached hydrogens (tertiary/aromatic N) is 5. The van der Waals surface area contributed by atoms with Gasteiger partial charge >= 0.3 is 0 Å². The van der Waals surface area contributed by atoms with Crippen molar-refractivity contribution in [2.75, 3.05) is 26.1 Å². The summed E-state index contributed by atoms with van der Waals surface area (Å²) in [5, 5.41) is 11.3. The molecule has 0 bridgehead atoms. The van der Waals surface area contributed by atoms with Crippen LogP contribution in [0, 0.1) is 0 Å². The monoisotopic (exact) mass is 790 g/mol. The maximum atomic E-state index is 17.3. The van der Waals surface area contributed by atoms with E-state index in [4.69, 9.17) is 23.4 Å². The molecule has 12 nitrogen and oxygen atoms in total. The Labute approximate surface area is 332 Å². The van der Waals surface area contributed by atoms with Crippen LogP contribution in [0.5, 0.6) is 11.5 Å². The second-order valence-electron chi connectivity index (χ2n) is 15.4. The lowest BCUT2D eigenvalue weighted by Gasteiger charge is -2.39. The van der Waals surface area contributed by atoms with Crippen LogP contribution in [0.2, 0.25) is 18.1 Å². The molecule has 1 aliphatic rings. The van der Waals surface area contributed by atoms with Gasteiger partial charge in [-0.2, -0.15) is 4.68 Å². The van der Waals surface area contributed by atoms with E-state index in [2.05, 4.69) is 59.5 Å². The van der Waals surface area contributed by atoms with E-state index >= 15 is 4.39 Å². The minimum atomic E-state index is -2.60. The van der Waals surface area contributed by atoms with Gasteiger partial charge in [0.05, 0.1) is 20.8 Å². The number of anilines is 1. The van der Waals surface area contributed by atoms with E-state index in [-0.39, 0.29) is 34.5 Å². The Hall–Kier alpha value is -5.54. The molecule has 1 fully saturated rings. The van der Waals surface area contributed by atoms with E-state index in [1.807, 2.05) is 84.9 Å². The fourth-order valence-electron chi connectivity index (χ4n) is 6.75. The van der Waals surface area contributed by atoms with Gasteiger partial charge < -0.3 is 28.7 Å². The highest BCUT2D eigenvalue weighted by atomic mass is 28.4. The lowest BCUT2D eigenvalue weighted by atomic mass is 9.80. The molecule has 2 aromatic heterocycles. The SMILES string of the molecule is COc1ccc(C(OC[C@H]2O[C@@H](n3nnc4c(NC(=O)c5ccccc5)ncnc43)[C@H](O[Si](C)(C)C(C)(C)C)C2F)(c2ccccc2)c2ccc(OC)cc2)cc1. The third kappa shape index (κ3) is 7.77. The number of amides is 1. The zero-order chi connectivity index (χ0) is 40.4. The number of methoxy groups -OCH3 is 2. The second-order valence-corrected chi connectivity index (χ2v) is 20.2. The van der Waals surface area contributed by atoms with Crippen LogP contribution < -0.4 is 14.8 Å². The normalized spacial score (nSPS) is 18.7. The first kappa shape index (κ1) is 39.7. The largest absolute Gasteiger partial charge is 0.497 e. The van der Waals surface area contributed by atoms with Gasteiger partial charge in [0.15, 0.2) is 37.7 Å². The van der Waals surface area contributed by atoms with Gasteiger partial charge in [0, 0.05) is 5.56 Å². The van der Waals surface area contributed by atoms with Gasteiger partial charge in [-0.05, 0) is 71.2 Å². The number of ether oxygens (including phenoxy) is 4. The van der Waals surface area contributed by atoms with Crippen LogP contribution in [-0.2, 0) is 19.5 Å². The number of carbonyl (C=O) groups excluding carboxylic acids is 1. The van der Waals surface area contributed by atoms with Crippen molar-refractivity contribution in [1.29, 1.82) is 0 Å². The zero-order valence-electron chi connectivity index (χ0n) is 33.0. The number of benzene rings is 4. The van der Waals surface area contributed by atoms with Crippen molar-refractivity contribution in [2.45, 2.75) is 69.1 Å². The fourth-order valence-corrected chi connectivity index (χ4v) is 8.03. The summed E-state index contributed by atoms with van der Waals surface area (Å²) >= 11 is 0. The predicted molar refractivity (Wildman–Crippen MR) is 217 cm³/mol. The predicted octanol–water partition coefficient (Wildman–Crippen LogP) is 8.13. The number of halogens is 1. The zero-order valence-corrected chi connectivity index (χ0v) is 34.0. The first-order chi connectivity index (χ1) is 27.4. The molecule has 1 amide bonds. The van der Waals surface area contributed by atoms with Gasteiger partial charge in [-0.1, -0.05) is 98.8 Å². The van der Waals surface area contributed by atoms with Crippen LogP contribution in [-0.4, -0.2) is 78.4 Å². The minimum absolute atomic E-state index is 0.156. The second kappa shape index (κ2) is 16.1. The van der Waals surface area contributed by atoms with Crippen molar-refractivity contribution in [2.24, 2.45) is 0 Å². The molecule has 6 aromatic rings. The van der Waals surface area contributed by atoms with Crippen molar-refractivity contribution in [3.05, 3.63) is 138 Å². The third-order valence-electron chi connectivity index (χ3n) is 10.9. The third-order valence-corrected chi connectivity index (χ3v) is 15.4. The van der Waals surface area contributed by atoms with Crippen LogP contribution in [0.25, 0.3) is 11.2 Å². The van der Waals surface area contributed by atoms with E-state index in [0.29, 0.717) is 17.1 Å². The van der Waals surface area contributed by atoms with Gasteiger partial charge in [0.1, 0.15) is 35.6 Å². The number of hydrogen-bond acceptors (Lipinski definition) is 10. The average molecular weight is 791 g/mol. The summed E-state index contributed by atoms with van der Waals surface area (Å²) in [7, 11) is 0.623. The topological polar surface area (TPSA) is 132 Å². The van der Waals surface area contributed by atoms with Gasteiger partial charge in [-0.3, -0.25) is 4.79 Å². The molecule has 296 valence electrons. The highest BCUT2D eigenvalue weighted by Crippen LogP contribution is 2.46. The standard InChI is InChI=1S/C43H47FN6O6Si/c1-42(2,3)57(6,7)56-37-35(44)34(55-41(37)50-39-36(48-49-50)38(45-27-46-39)47-40(51)28-14-10-8-11-15-28)26-54-43(29-16-12-9-13-17-29,30-18-22-32(52-4)23-19-30)31-20-24-33(53-5)25-21-31/h8-25,27,34-35,37,41H,26H2,1-7H3,(H,45,46,47,51)/t34-,35?,37-,41-/m1/s1. The van der Waals surface area contributed by atoms with E-state index in [1.54, 1.807) is 38.5 Å². The van der Waals surface area contributed by atoms with Crippen LogP contribution in [0.1, 0.15) is 54.0 Å². The smallest absolute Gasteiger partial charge is 0.256 e. The number of carbonyl (C=O) groups is 1. The molecule has 0 spiro atoms. The maximum Gasteiger partial charge on any atom is 0.256 e. The van der Waals surface area contributed by atoms with Crippen molar-refractivity contribution in [3.8, 4) is 11.5 Å². The van der Waals surface area contributed by atoms with E-state index < -0.39 is 38.5 Å². The average Bonchev–Trinajstić information content (AvgIpc) is 3.79. The number of aromatic nitrogens is 5. The molecular weight excluding hydrogens is 744 g/mol. The molecule has 0 radical (unpaired) electrons. The van der Waals surface area contributed by atoms with Gasteiger partial charge in [0.25, 0.3) is 5.91 Å². The molecule has 0 saturated carbocycles. The molecular formula is C43H47FN6O6Si. The quantitative estimate of drug-likeness (QED) is 0.0904. The summed E-state index contributed by atoms with van der Waals surface area (Å²) < 4.78 is 50.3. The van der Waals surface area contributed by atoms with Crippen LogP contribution in [0.3, 0.4) is 0 Å². The molecule has 1 unspecified atom stereocenters. The highest BCUT2D eigenvalue weighted by Gasteiger charge is 2.53.